The van der Waals surface area contributed by atoms with Gasteiger partial charge < -0.3 is 9.88 Å². The third-order valence-electron chi connectivity index (χ3n) is 2.94. The van der Waals surface area contributed by atoms with E-state index in [0.717, 1.165) is 37.4 Å². The average molecular weight is 241 g/mol. The van der Waals surface area contributed by atoms with Gasteiger partial charge in [-0.05, 0) is 26.0 Å². The van der Waals surface area contributed by atoms with E-state index in [4.69, 9.17) is 0 Å². The van der Waals surface area contributed by atoms with E-state index in [0.29, 0.717) is 0 Å². The van der Waals surface area contributed by atoms with Crippen molar-refractivity contribution in [3.63, 3.8) is 0 Å². The van der Waals surface area contributed by atoms with E-state index in [-0.39, 0.29) is 0 Å². The summed E-state index contributed by atoms with van der Waals surface area (Å²) in [5.41, 5.74) is 2.29. The quantitative estimate of drug-likeness (QED) is 0.644. The molecule has 2 aromatic rings. The topological polar surface area (TPSA) is 29.9 Å². The normalized spacial score (nSPS) is 10.3. The van der Waals surface area contributed by atoms with Gasteiger partial charge >= 0.3 is 0 Å². The van der Waals surface area contributed by atoms with Gasteiger partial charge in [-0.25, -0.2) is 4.98 Å². The minimum absolute atomic E-state index is 0.800. The number of nitrogens with zero attached hydrogens (tertiary/aromatic N) is 2. The summed E-state index contributed by atoms with van der Waals surface area (Å²) in [6.45, 7) is 6.69. The van der Waals surface area contributed by atoms with E-state index in [9.17, 15) is 0 Å². The Hall–Kier alpha value is -1.79. The molecule has 0 amide bonds. The third-order valence-corrected chi connectivity index (χ3v) is 2.94. The SMILES string of the molecule is CC#CCCNCc1nc2ccccc2n1CC. The highest BCUT2D eigenvalue weighted by Gasteiger charge is 2.07. The number of para-hydroxylation sites is 2. The van der Waals surface area contributed by atoms with Crippen molar-refractivity contribution in [2.45, 2.75) is 33.4 Å². The number of benzene rings is 1. The molecule has 0 aliphatic rings. The van der Waals surface area contributed by atoms with Gasteiger partial charge in [0, 0.05) is 19.5 Å². The van der Waals surface area contributed by atoms with Gasteiger partial charge in [0.15, 0.2) is 0 Å². The van der Waals surface area contributed by atoms with Crippen LogP contribution in [0.4, 0.5) is 0 Å². The van der Waals surface area contributed by atoms with Crippen molar-refractivity contribution in [2.75, 3.05) is 6.54 Å². The average Bonchev–Trinajstić information content (AvgIpc) is 2.76. The molecular formula is C15H19N3. The van der Waals surface area contributed by atoms with Crippen molar-refractivity contribution >= 4 is 11.0 Å². The Morgan fingerprint density at radius 3 is 2.94 bits per heavy atom. The van der Waals surface area contributed by atoms with Gasteiger partial charge in [-0.3, -0.25) is 0 Å². The first-order chi connectivity index (χ1) is 8.86. The molecule has 0 saturated heterocycles. The van der Waals surface area contributed by atoms with Crippen molar-refractivity contribution in [2.24, 2.45) is 0 Å². The van der Waals surface area contributed by atoms with Crippen LogP contribution in [0.25, 0.3) is 11.0 Å². The van der Waals surface area contributed by atoms with Crippen molar-refractivity contribution in [3.05, 3.63) is 30.1 Å². The van der Waals surface area contributed by atoms with E-state index < -0.39 is 0 Å². The predicted molar refractivity (Wildman–Crippen MR) is 75.2 cm³/mol. The van der Waals surface area contributed by atoms with E-state index >= 15 is 0 Å². The molecule has 94 valence electrons. The molecular weight excluding hydrogens is 222 g/mol. The maximum Gasteiger partial charge on any atom is 0.123 e. The number of nitrogens with one attached hydrogen (secondary N) is 1. The van der Waals surface area contributed by atoms with Crippen LogP contribution in [0, 0.1) is 11.8 Å². The van der Waals surface area contributed by atoms with Crippen molar-refractivity contribution in [1.82, 2.24) is 14.9 Å². The van der Waals surface area contributed by atoms with Gasteiger partial charge in [-0.2, -0.15) is 0 Å². The van der Waals surface area contributed by atoms with Crippen LogP contribution in [-0.2, 0) is 13.1 Å². The second kappa shape index (κ2) is 6.23. The highest BCUT2D eigenvalue weighted by molar-refractivity contribution is 5.75. The Labute approximate surface area is 108 Å². The lowest BCUT2D eigenvalue weighted by molar-refractivity contribution is 0.627. The zero-order chi connectivity index (χ0) is 12.8. The lowest BCUT2D eigenvalue weighted by Crippen LogP contribution is -2.17. The fourth-order valence-corrected chi connectivity index (χ4v) is 2.09. The molecule has 3 heteroatoms. The van der Waals surface area contributed by atoms with Crippen LogP contribution < -0.4 is 5.32 Å². The van der Waals surface area contributed by atoms with Crippen LogP contribution in [0.1, 0.15) is 26.1 Å². The predicted octanol–water partition coefficient (Wildman–Crippen LogP) is 2.56. The maximum atomic E-state index is 4.67. The second-order valence-electron chi connectivity index (χ2n) is 4.11. The smallest absolute Gasteiger partial charge is 0.123 e. The summed E-state index contributed by atoms with van der Waals surface area (Å²) in [6.07, 6.45) is 0.892. The number of imidazole rings is 1. The van der Waals surface area contributed by atoms with Gasteiger partial charge in [-0.15, -0.1) is 11.8 Å². The van der Waals surface area contributed by atoms with Gasteiger partial charge in [0.25, 0.3) is 0 Å². The zero-order valence-corrected chi connectivity index (χ0v) is 11.0. The Kier molecular flexibility index (Phi) is 4.38. The molecule has 0 spiro atoms. The summed E-state index contributed by atoms with van der Waals surface area (Å²) in [4.78, 5) is 4.67. The van der Waals surface area contributed by atoms with Crippen molar-refractivity contribution in [1.29, 1.82) is 0 Å². The second-order valence-corrected chi connectivity index (χ2v) is 4.11. The molecule has 2 rings (SSSR count). The Morgan fingerprint density at radius 2 is 2.17 bits per heavy atom. The number of hydrogen-bond donors (Lipinski definition) is 1. The standard InChI is InChI=1S/C15H19N3/c1-3-5-8-11-16-12-15-17-13-9-6-7-10-14(13)18(15)4-2/h6-7,9-10,16H,4,8,11-12H2,1-2H3. The summed E-state index contributed by atoms with van der Waals surface area (Å²) in [5.74, 6) is 7.05. The molecule has 1 N–H and O–H groups in total. The van der Waals surface area contributed by atoms with Gasteiger partial charge in [0.2, 0.25) is 0 Å². The van der Waals surface area contributed by atoms with Crippen molar-refractivity contribution < 1.29 is 0 Å². The molecule has 0 bridgehead atoms. The Balaban J connectivity index is 2.09. The van der Waals surface area contributed by atoms with Crippen LogP contribution in [0.2, 0.25) is 0 Å². The summed E-state index contributed by atoms with van der Waals surface area (Å²) >= 11 is 0. The fourth-order valence-electron chi connectivity index (χ4n) is 2.09. The first kappa shape index (κ1) is 12.7. The van der Waals surface area contributed by atoms with Crippen LogP contribution in [-0.4, -0.2) is 16.1 Å². The summed E-state index contributed by atoms with van der Waals surface area (Å²) in [5, 5.41) is 3.39. The van der Waals surface area contributed by atoms with E-state index in [2.05, 4.69) is 51.8 Å². The molecule has 0 unspecified atom stereocenters. The Morgan fingerprint density at radius 1 is 1.33 bits per heavy atom. The largest absolute Gasteiger partial charge is 0.327 e. The zero-order valence-electron chi connectivity index (χ0n) is 11.0. The Bertz CT molecular complexity index is 572. The first-order valence-corrected chi connectivity index (χ1v) is 6.41. The number of aromatic nitrogens is 2. The van der Waals surface area contributed by atoms with Crippen LogP contribution in [0.3, 0.4) is 0 Å². The molecule has 0 aliphatic heterocycles. The first-order valence-electron chi connectivity index (χ1n) is 6.41. The highest BCUT2D eigenvalue weighted by atomic mass is 15.1. The van der Waals surface area contributed by atoms with Crippen LogP contribution in [0.15, 0.2) is 24.3 Å². The lowest BCUT2D eigenvalue weighted by Gasteiger charge is -2.06. The molecule has 0 saturated carbocycles. The summed E-state index contributed by atoms with van der Waals surface area (Å²) < 4.78 is 2.26. The van der Waals surface area contributed by atoms with Gasteiger partial charge in [-0.1, -0.05) is 12.1 Å². The van der Waals surface area contributed by atoms with Gasteiger partial charge in [0.05, 0.1) is 17.6 Å². The van der Waals surface area contributed by atoms with Crippen LogP contribution >= 0.6 is 0 Å². The monoisotopic (exact) mass is 241 g/mol. The fraction of sp³-hybridized carbons (Fsp3) is 0.400. The van der Waals surface area contributed by atoms with E-state index in [1.807, 2.05) is 13.0 Å². The third kappa shape index (κ3) is 2.72. The molecule has 3 nitrogen and oxygen atoms in total. The molecule has 1 aromatic heterocycles. The van der Waals surface area contributed by atoms with E-state index in [1.165, 1.54) is 5.52 Å². The molecule has 0 atom stereocenters. The van der Waals surface area contributed by atoms with Gasteiger partial charge in [0.1, 0.15) is 5.82 Å². The molecule has 0 aliphatic carbocycles. The minimum atomic E-state index is 0.800. The van der Waals surface area contributed by atoms with Crippen LogP contribution in [0.5, 0.6) is 0 Å². The lowest BCUT2D eigenvalue weighted by atomic mass is 10.3. The summed E-state index contributed by atoms with van der Waals surface area (Å²) in [7, 11) is 0. The molecule has 18 heavy (non-hydrogen) atoms. The number of hydrogen-bond acceptors (Lipinski definition) is 2. The van der Waals surface area contributed by atoms with E-state index in [1.54, 1.807) is 0 Å². The summed E-state index contributed by atoms with van der Waals surface area (Å²) in [6, 6.07) is 8.28. The maximum absolute atomic E-state index is 4.67. The number of aryl methyl sites for hydroxylation is 1. The number of rotatable bonds is 5. The molecule has 1 heterocycles. The molecule has 0 radical (unpaired) electrons. The molecule has 1 aromatic carbocycles. The minimum Gasteiger partial charge on any atom is -0.327 e. The molecule has 0 fully saturated rings. The number of fused-ring (bicyclic) bond motifs is 1. The highest BCUT2D eigenvalue weighted by Crippen LogP contribution is 2.15. The van der Waals surface area contributed by atoms with Crippen molar-refractivity contribution in [3.8, 4) is 11.8 Å².